The van der Waals surface area contributed by atoms with Crippen LogP contribution < -0.4 is 5.32 Å². The van der Waals surface area contributed by atoms with Gasteiger partial charge in [-0.25, -0.2) is 0 Å². The number of hydrogen-bond acceptors (Lipinski definition) is 3. The lowest BCUT2D eigenvalue weighted by Gasteiger charge is -2.49. The number of hydrogen-bond donors (Lipinski definition) is 1. The third kappa shape index (κ3) is 2.32. The number of piperidine rings is 3. The fourth-order valence-electron chi connectivity index (χ4n) is 4.06. The lowest BCUT2D eigenvalue weighted by molar-refractivity contribution is 0.0217. The van der Waals surface area contributed by atoms with Crippen molar-refractivity contribution in [3.8, 4) is 12.3 Å². The molecule has 4 nitrogen and oxygen atoms in total. The zero-order valence-corrected chi connectivity index (χ0v) is 13.2. The monoisotopic (exact) mass is 308 g/mol. The van der Waals surface area contributed by atoms with E-state index in [2.05, 4.69) is 23.1 Å². The number of nitrogens with one attached hydrogen (secondary N) is 1. The molecule has 0 aliphatic carbocycles. The number of amides is 1. The summed E-state index contributed by atoms with van der Waals surface area (Å²) in [6.45, 7) is 4.53. The van der Waals surface area contributed by atoms with Crippen LogP contribution in [-0.4, -0.2) is 36.0 Å². The molecule has 0 spiro atoms. The summed E-state index contributed by atoms with van der Waals surface area (Å²) >= 11 is 0. The normalized spacial score (nSPS) is 29.4. The van der Waals surface area contributed by atoms with E-state index in [1.165, 1.54) is 12.8 Å². The molecular weight excluding hydrogens is 288 g/mol. The Kier molecular flexibility index (Phi) is 3.39. The van der Waals surface area contributed by atoms with Crippen LogP contribution in [0.1, 0.15) is 35.7 Å². The molecule has 0 radical (unpaired) electrons. The van der Waals surface area contributed by atoms with E-state index in [1.54, 1.807) is 12.3 Å². The Bertz CT molecular complexity index is 791. The molecule has 2 bridgehead atoms. The molecule has 3 aliphatic heterocycles. The van der Waals surface area contributed by atoms with Crippen LogP contribution in [0.2, 0.25) is 0 Å². The lowest BCUT2D eigenvalue weighted by Crippen LogP contribution is -2.62. The number of nitrogens with zero attached hydrogens (tertiary/aromatic N) is 1. The molecule has 0 saturated carbocycles. The van der Waals surface area contributed by atoms with Crippen molar-refractivity contribution in [2.24, 2.45) is 5.92 Å². The van der Waals surface area contributed by atoms with Crippen molar-refractivity contribution >= 4 is 16.9 Å². The predicted molar refractivity (Wildman–Crippen MR) is 89.2 cm³/mol. The molecule has 5 rings (SSSR count). The molecule has 118 valence electrons. The second kappa shape index (κ2) is 5.43. The molecule has 2 unspecified atom stereocenters. The average Bonchev–Trinajstić information content (AvgIpc) is 3.00. The largest absolute Gasteiger partial charge is 0.463 e. The van der Waals surface area contributed by atoms with Gasteiger partial charge in [0.2, 0.25) is 0 Å². The minimum Gasteiger partial charge on any atom is -0.463 e. The number of rotatable bonds is 2. The van der Waals surface area contributed by atoms with Gasteiger partial charge in [0, 0.05) is 23.0 Å². The zero-order chi connectivity index (χ0) is 16.0. The van der Waals surface area contributed by atoms with Crippen LogP contribution in [0.25, 0.3) is 11.0 Å². The number of fused-ring (bicyclic) bond motifs is 4. The van der Waals surface area contributed by atoms with Crippen LogP contribution >= 0.6 is 0 Å². The molecule has 3 aliphatic rings. The van der Waals surface area contributed by atoms with Gasteiger partial charge >= 0.3 is 0 Å². The number of furan rings is 1. The van der Waals surface area contributed by atoms with Crippen LogP contribution in [0.4, 0.5) is 0 Å². The highest BCUT2D eigenvalue weighted by molar-refractivity contribution is 5.98. The highest BCUT2D eigenvalue weighted by atomic mass is 16.3. The van der Waals surface area contributed by atoms with E-state index in [-0.39, 0.29) is 11.9 Å². The summed E-state index contributed by atoms with van der Waals surface area (Å²) in [7, 11) is 0. The van der Waals surface area contributed by atoms with Crippen molar-refractivity contribution in [3.63, 3.8) is 0 Å². The van der Waals surface area contributed by atoms with Crippen LogP contribution in [0.15, 0.2) is 28.9 Å². The van der Waals surface area contributed by atoms with Gasteiger partial charge in [-0.3, -0.25) is 9.69 Å². The van der Waals surface area contributed by atoms with Crippen LogP contribution in [-0.2, 0) is 0 Å². The quantitative estimate of drug-likeness (QED) is 0.868. The third-order valence-electron chi connectivity index (χ3n) is 5.47. The van der Waals surface area contributed by atoms with Gasteiger partial charge in [-0.1, -0.05) is 5.92 Å². The number of carbonyl (C=O) groups is 1. The maximum absolute atomic E-state index is 12.6. The van der Waals surface area contributed by atoms with E-state index in [0.717, 1.165) is 24.0 Å². The SMILES string of the molecule is C#Cc1coc2cc(C(=O)NC3C4CCN(CC4)C3C)ccc12. The van der Waals surface area contributed by atoms with Gasteiger partial charge in [-0.05, 0) is 57.0 Å². The first-order valence-corrected chi connectivity index (χ1v) is 8.20. The van der Waals surface area contributed by atoms with Crippen molar-refractivity contribution < 1.29 is 9.21 Å². The summed E-state index contributed by atoms with van der Waals surface area (Å²) < 4.78 is 5.46. The summed E-state index contributed by atoms with van der Waals surface area (Å²) in [6, 6.07) is 6.10. The van der Waals surface area contributed by atoms with E-state index in [0.29, 0.717) is 23.1 Å². The minimum atomic E-state index is -0.0313. The molecule has 3 saturated heterocycles. The number of benzene rings is 1. The molecule has 2 aromatic rings. The zero-order valence-electron chi connectivity index (χ0n) is 13.2. The maximum Gasteiger partial charge on any atom is 0.251 e. The Labute approximate surface area is 135 Å². The maximum atomic E-state index is 12.6. The lowest BCUT2D eigenvalue weighted by atomic mass is 9.79. The standard InChI is InChI=1S/C19H20N2O2/c1-3-13-11-23-17-10-15(4-5-16(13)17)19(22)20-18-12(2)21-8-6-14(18)7-9-21/h1,4-5,10-12,14,18H,6-9H2,2H3,(H,20,22). The van der Waals surface area contributed by atoms with E-state index in [1.807, 2.05) is 12.1 Å². The van der Waals surface area contributed by atoms with E-state index < -0.39 is 0 Å². The first-order chi connectivity index (χ1) is 11.2. The summed E-state index contributed by atoms with van der Waals surface area (Å²) in [6.07, 6.45) is 9.35. The van der Waals surface area contributed by atoms with Crippen LogP contribution in [0.3, 0.4) is 0 Å². The van der Waals surface area contributed by atoms with E-state index in [4.69, 9.17) is 10.8 Å². The molecule has 1 aromatic carbocycles. The molecule has 3 fully saturated rings. The Morgan fingerprint density at radius 3 is 2.87 bits per heavy atom. The highest BCUT2D eigenvalue weighted by Crippen LogP contribution is 2.32. The van der Waals surface area contributed by atoms with Gasteiger partial charge in [-0.2, -0.15) is 0 Å². The molecule has 2 atom stereocenters. The summed E-state index contributed by atoms with van der Waals surface area (Å²) in [5.74, 6) is 3.15. The fourth-order valence-corrected chi connectivity index (χ4v) is 4.06. The Hall–Kier alpha value is -2.25. The fraction of sp³-hybridized carbons (Fsp3) is 0.421. The van der Waals surface area contributed by atoms with Gasteiger partial charge in [0.05, 0.1) is 5.56 Å². The minimum absolute atomic E-state index is 0.0313. The van der Waals surface area contributed by atoms with Crippen molar-refractivity contribution in [2.45, 2.75) is 31.8 Å². The third-order valence-corrected chi connectivity index (χ3v) is 5.47. The smallest absolute Gasteiger partial charge is 0.251 e. The molecule has 23 heavy (non-hydrogen) atoms. The number of terminal acetylenes is 1. The van der Waals surface area contributed by atoms with Gasteiger partial charge in [-0.15, -0.1) is 6.42 Å². The van der Waals surface area contributed by atoms with Crippen molar-refractivity contribution in [1.82, 2.24) is 10.2 Å². The second-order valence-electron chi connectivity index (χ2n) is 6.62. The van der Waals surface area contributed by atoms with Gasteiger partial charge in [0.1, 0.15) is 11.8 Å². The van der Waals surface area contributed by atoms with Gasteiger partial charge in [0.15, 0.2) is 0 Å². The second-order valence-corrected chi connectivity index (χ2v) is 6.62. The van der Waals surface area contributed by atoms with Gasteiger partial charge in [0.25, 0.3) is 5.91 Å². The first kappa shape index (κ1) is 14.3. The van der Waals surface area contributed by atoms with Crippen molar-refractivity contribution in [3.05, 3.63) is 35.6 Å². The van der Waals surface area contributed by atoms with Crippen molar-refractivity contribution in [1.29, 1.82) is 0 Å². The summed E-state index contributed by atoms with van der Waals surface area (Å²) in [5, 5.41) is 4.11. The summed E-state index contributed by atoms with van der Waals surface area (Å²) in [5.41, 5.74) is 2.00. The Morgan fingerprint density at radius 1 is 1.39 bits per heavy atom. The molecule has 1 amide bonds. The van der Waals surface area contributed by atoms with Crippen LogP contribution in [0, 0.1) is 18.3 Å². The molecule has 4 heterocycles. The van der Waals surface area contributed by atoms with E-state index >= 15 is 0 Å². The van der Waals surface area contributed by atoms with Crippen molar-refractivity contribution in [2.75, 3.05) is 13.1 Å². The molecular formula is C19H20N2O2. The van der Waals surface area contributed by atoms with Crippen LogP contribution in [0.5, 0.6) is 0 Å². The summed E-state index contributed by atoms with van der Waals surface area (Å²) in [4.78, 5) is 15.1. The van der Waals surface area contributed by atoms with E-state index in [9.17, 15) is 4.79 Å². The molecule has 1 aromatic heterocycles. The predicted octanol–water partition coefficient (Wildman–Crippen LogP) is 2.63. The number of carbonyl (C=O) groups excluding carboxylic acids is 1. The topological polar surface area (TPSA) is 45.5 Å². The Balaban J connectivity index is 1.56. The molecule has 1 N–H and O–H groups in total. The molecule has 4 heteroatoms. The highest BCUT2D eigenvalue weighted by Gasteiger charge is 2.40. The first-order valence-electron chi connectivity index (χ1n) is 8.20. The average molecular weight is 308 g/mol. The Morgan fingerprint density at radius 2 is 2.17 bits per heavy atom. The van der Waals surface area contributed by atoms with Gasteiger partial charge < -0.3 is 9.73 Å².